The van der Waals surface area contributed by atoms with Gasteiger partial charge in [-0.2, -0.15) is 20.4 Å². The van der Waals surface area contributed by atoms with E-state index in [4.69, 9.17) is 10.2 Å². The summed E-state index contributed by atoms with van der Waals surface area (Å²) in [5, 5.41) is 34.2. The highest BCUT2D eigenvalue weighted by molar-refractivity contribution is 6.08. The molecule has 342 valence electrons. The number of hydrogen-bond acceptors (Lipinski definition) is 11. The Labute approximate surface area is 374 Å². The summed E-state index contributed by atoms with van der Waals surface area (Å²) in [7, 11) is 0. The van der Waals surface area contributed by atoms with Crippen LogP contribution >= 0.6 is 0 Å². The van der Waals surface area contributed by atoms with E-state index < -0.39 is 30.2 Å². The number of aryl methyl sites for hydroxylation is 1. The van der Waals surface area contributed by atoms with Crippen LogP contribution in [-0.2, 0) is 16.1 Å². The third kappa shape index (κ3) is 8.39. The number of aliphatic hydroxyl groups excluding tert-OH is 1. The van der Waals surface area contributed by atoms with Crippen LogP contribution in [0.25, 0.3) is 27.7 Å². The number of halogens is 2. The van der Waals surface area contributed by atoms with Crippen molar-refractivity contribution < 1.29 is 28.3 Å². The fourth-order valence-electron chi connectivity index (χ4n) is 10.8. The molecule has 2 saturated carbocycles. The van der Waals surface area contributed by atoms with Crippen molar-refractivity contribution >= 4 is 45.8 Å². The SMILES string of the molecule is CCCN(C[C@@H](C)O)c1ccn2ncc(C(=O)Nc3cn(C4CCC(CN5C[C@H]6C(Cn7cc(-c8cccc9c8c(C)nn9[C@@H]8CCC(=O)NC8=O)cn7)[C@@H]6C5)CC4)nc3C(F)F)c2n1. The molecule has 65 heavy (non-hydrogen) atoms. The molecule has 4 atom stereocenters. The first-order chi connectivity index (χ1) is 31.4. The van der Waals surface area contributed by atoms with Gasteiger partial charge in [-0.05, 0) is 93.7 Å². The van der Waals surface area contributed by atoms with Crippen molar-refractivity contribution in [2.75, 3.05) is 42.9 Å². The minimum atomic E-state index is -2.87. The number of carbonyl (C=O) groups is 3. The maximum Gasteiger partial charge on any atom is 0.284 e. The maximum atomic E-state index is 14.3. The minimum absolute atomic E-state index is 0.0204. The molecule has 0 spiro atoms. The molecule has 1 aromatic carbocycles. The lowest BCUT2D eigenvalue weighted by Crippen LogP contribution is -2.42. The third-order valence-corrected chi connectivity index (χ3v) is 14.0. The van der Waals surface area contributed by atoms with E-state index in [2.05, 4.69) is 47.7 Å². The Kier molecular flexibility index (Phi) is 11.5. The molecule has 19 heteroatoms. The molecule has 3 amide bonds. The van der Waals surface area contributed by atoms with Gasteiger partial charge in [-0.25, -0.2) is 18.3 Å². The number of fused-ring (bicyclic) bond motifs is 3. The lowest BCUT2D eigenvalue weighted by Gasteiger charge is -2.32. The van der Waals surface area contributed by atoms with Crippen molar-refractivity contribution in [2.24, 2.45) is 23.7 Å². The molecule has 3 N–H and O–H groups in total. The number of alkyl halides is 2. The van der Waals surface area contributed by atoms with Crippen LogP contribution in [0.2, 0.25) is 0 Å². The number of benzene rings is 1. The number of hydrogen-bond donors (Lipinski definition) is 3. The van der Waals surface area contributed by atoms with Crippen LogP contribution < -0.4 is 15.5 Å². The normalized spacial score (nSPS) is 23.9. The summed E-state index contributed by atoms with van der Waals surface area (Å²) >= 11 is 0. The Bertz CT molecular complexity index is 2740. The highest BCUT2D eigenvalue weighted by Crippen LogP contribution is 2.53. The Morgan fingerprint density at radius 2 is 1.82 bits per heavy atom. The Morgan fingerprint density at radius 1 is 1.02 bits per heavy atom. The quantitative estimate of drug-likeness (QED) is 0.106. The standard InChI is InChI=1S/C46H55F2N13O4/c1-4-15-57(19-26(2)62)39-14-16-59-44(52-39)32(18-50-59)45(64)51-36-25-60(55-42(36)43(47)48)30-10-8-28(9-11-30)20-56-22-33-34(23-56)35(33)24-58-21-29(17-49-58)31-6-5-7-37-41(31)27(3)54-61(37)38-12-13-40(63)53-46(38)65/h5-7,14,16-18,21,25-26,28,30,33-35,38,43,62H,4,8-13,15,19-20,22-24H2,1-3H3,(H,51,64)(H,53,63,65)/t26-,28?,30?,33-,34-,38-/m1/s1. The van der Waals surface area contributed by atoms with Gasteiger partial charge in [-0.3, -0.25) is 33.7 Å². The minimum Gasteiger partial charge on any atom is -0.392 e. The third-order valence-electron chi connectivity index (χ3n) is 14.0. The van der Waals surface area contributed by atoms with Crippen LogP contribution in [-0.4, -0.2) is 110 Å². The largest absolute Gasteiger partial charge is 0.392 e. The Balaban J connectivity index is 0.721. The van der Waals surface area contributed by atoms with Gasteiger partial charge in [0.05, 0.1) is 41.4 Å². The fourth-order valence-corrected chi connectivity index (χ4v) is 10.8. The van der Waals surface area contributed by atoms with Crippen LogP contribution in [0.1, 0.15) is 99.0 Å². The number of imide groups is 1. The summed E-state index contributed by atoms with van der Waals surface area (Å²) in [5.74, 6) is 1.81. The second-order valence-corrected chi connectivity index (χ2v) is 18.6. The molecular formula is C46H55F2N13O4. The van der Waals surface area contributed by atoms with Crippen molar-refractivity contribution in [1.82, 2.24) is 54.2 Å². The van der Waals surface area contributed by atoms with Gasteiger partial charge >= 0.3 is 0 Å². The summed E-state index contributed by atoms with van der Waals surface area (Å²) in [6.45, 7) is 10.8. The predicted molar refractivity (Wildman–Crippen MR) is 237 cm³/mol. The highest BCUT2D eigenvalue weighted by Gasteiger charge is 2.55. The van der Waals surface area contributed by atoms with E-state index in [0.29, 0.717) is 49.0 Å². The van der Waals surface area contributed by atoms with Crippen LogP contribution in [0, 0.1) is 30.6 Å². The highest BCUT2D eigenvalue weighted by atomic mass is 19.3. The monoisotopic (exact) mass is 891 g/mol. The summed E-state index contributed by atoms with van der Waals surface area (Å²) < 4.78 is 35.6. The summed E-state index contributed by atoms with van der Waals surface area (Å²) in [6, 6.07) is 7.23. The lowest BCUT2D eigenvalue weighted by atomic mass is 9.85. The number of nitrogens with one attached hydrogen (secondary N) is 2. The van der Waals surface area contributed by atoms with E-state index in [1.165, 1.54) is 16.9 Å². The zero-order valence-electron chi connectivity index (χ0n) is 36.9. The van der Waals surface area contributed by atoms with Crippen molar-refractivity contribution in [3.8, 4) is 11.1 Å². The number of aromatic nitrogens is 9. The molecule has 7 heterocycles. The second kappa shape index (κ2) is 17.4. The van der Waals surface area contributed by atoms with Gasteiger partial charge in [0.1, 0.15) is 17.4 Å². The van der Waals surface area contributed by atoms with Gasteiger partial charge in [0.15, 0.2) is 11.3 Å². The topological polar surface area (TPSA) is 186 Å². The first-order valence-electron chi connectivity index (χ1n) is 22.9. The predicted octanol–water partition coefficient (Wildman–Crippen LogP) is 5.82. The molecule has 4 fully saturated rings. The van der Waals surface area contributed by atoms with E-state index in [1.54, 1.807) is 28.6 Å². The van der Waals surface area contributed by atoms with Crippen molar-refractivity contribution in [2.45, 2.75) is 96.9 Å². The maximum absolute atomic E-state index is 14.3. The van der Waals surface area contributed by atoms with Gasteiger partial charge in [0.25, 0.3) is 18.2 Å². The molecular weight excluding hydrogens is 837 g/mol. The fraction of sp³-hybridized carbons (Fsp3) is 0.522. The molecule has 6 aromatic rings. The molecule has 5 aromatic heterocycles. The van der Waals surface area contributed by atoms with E-state index in [1.807, 2.05) is 37.1 Å². The molecule has 2 saturated heterocycles. The lowest BCUT2D eigenvalue weighted by molar-refractivity contribution is -0.135. The first-order valence-corrected chi connectivity index (χ1v) is 22.9. The summed E-state index contributed by atoms with van der Waals surface area (Å²) in [4.78, 5) is 47.2. The van der Waals surface area contributed by atoms with Gasteiger partial charge in [0.2, 0.25) is 5.91 Å². The summed E-state index contributed by atoms with van der Waals surface area (Å²) in [5.41, 5.74) is 3.67. The smallest absolute Gasteiger partial charge is 0.284 e. The van der Waals surface area contributed by atoms with Crippen LogP contribution in [0.4, 0.5) is 20.3 Å². The number of likely N-dealkylation sites (tertiary alicyclic amines) is 1. The van der Waals surface area contributed by atoms with E-state index >= 15 is 0 Å². The molecule has 2 aliphatic heterocycles. The van der Waals surface area contributed by atoms with Crippen LogP contribution in [0.15, 0.2) is 55.2 Å². The van der Waals surface area contributed by atoms with Crippen molar-refractivity contribution in [3.63, 3.8) is 0 Å². The number of carbonyl (C=O) groups excluding carboxylic acids is 3. The number of anilines is 2. The van der Waals surface area contributed by atoms with Crippen LogP contribution in [0.3, 0.4) is 0 Å². The van der Waals surface area contributed by atoms with Gasteiger partial charge < -0.3 is 20.2 Å². The molecule has 2 aliphatic carbocycles. The molecule has 17 nitrogen and oxygen atoms in total. The average Bonchev–Trinajstić information content (AvgIpc) is 3.98. The second-order valence-electron chi connectivity index (χ2n) is 18.6. The molecule has 4 aliphatic rings. The van der Waals surface area contributed by atoms with E-state index in [0.717, 1.165) is 86.0 Å². The summed E-state index contributed by atoms with van der Waals surface area (Å²) in [6.07, 6.45) is 10.3. The number of rotatable bonds is 15. The first kappa shape index (κ1) is 42.8. The van der Waals surface area contributed by atoms with Crippen molar-refractivity contribution in [3.05, 3.63) is 72.2 Å². The van der Waals surface area contributed by atoms with Gasteiger partial charge in [-0.15, -0.1) is 0 Å². The number of amides is 3. The molecule has 0 bridgehead atoms. The molecule has 0 radical (unpaired) electrons. The Hall–Kier alpha value is -6.08. The number of aliphatic hydroxyl groups is 1. The van der Waals surface area contributed by atoms with Gasteiger partial charge in [-0.1, -0.05) is 19.1 Å². The molecule has 0 unspecified atom stereocenters. The number of piperidine rings is 2. The van der Waals surface area contributed by atoms with E-state index in [9.17, 15) is 28.3 Å². The van der Waals surface area contributed by atoms with Crippen LogP contribution in [0.5, 0.6) is 0 Å². The molecule has 10 rings (SSSR count). The van der Waals surface area contributed by atoms with Crippen molar-refractivity contribution in [1.29, 1.82) is 0 Å². The van der Waals surface area contributed by atoms with Gasteiger partial charge in [0, 0.05) is 75.2 Å². The zero-order valence-corrected chi connectivity index (χ0v) is 36.9. The Morgan fingerprint density at radius 3 is 2.55 bits per heavy atom. The number of nitrogens with zero attached hydrogens (tertiary/aromatic N) is 11. The average molecular weight is 892 g/mol. The zero-order chi connectivity index (χ0) is 45.1. The van der Waals surface area contributed by atoms with E-state index in [-0.39, 0.29) is 41.2 Å².